The van der Waals surface area contributed by atoms with Crippen molar-refractivity contribution in [2.24, 2.45) is 7.05 Å². The van der Waals surface area contributed by atoms with Crippen LogP contribution in [0.4, 0.5) is 0 Å². The maximum Gasteiger partial charge on any atom is 0.0641 e. The van der Waals surface area contributed by atoms with Crippen molar-refractivity contribution in [2.75, 3.05) is 5.75 Å². The van der Waals surface area contributed by atoms with Gasteiger partial charge in [-0.25, -0.2) is 0 Å². The summed E-state index contributed by atoms with van der Waals surface area (Å²) in [6.45, 7) is 7.55. The summed E-state index contributed by atoms with van der Waals surface area (Å²) < 4.78 is 1.98. The van der Waals surface area contributed by atoms with Crippen LogP contribution in [0, 0.1) is 13.8 Å². The summed E-state index contributed by atoms with van der Waals surface area (Å²) in [5.41, 5.74) is 3.81. The fraction of sp³-hybridized carbons (Fsp3) is 0.769. The summed E-state index contributed by atoms with van der Waals surface area (Å²) in [7, 11) is 2.02. The van der Waals surface area contributed by atoms with E-state index in [1.165, 1.54) is 29.9 Å². The molecule has 3 nitrogen and oxygen atoms in total. The maximum absolute atomic E-state index is 4.46. The molecule has 0 aromatic carbocycles. The molecular formula is C13H23N3S. The van der Waals surface area contributed by atoms with E-state index in [2.05, 4.69) is 42.9 Å². The van der Waals surface area contributed by atoms with Gasteiger partial charge in [0.2, 0.25) is 0 Å². The second-order valence-electron chi connectivity index (χ2n) is 4.98. The third-order valence-corrected chi connectivity index (χ3v) is 5.19. The van der Waals surface area contributed by atoms with Gasteiger partial charge in [-0.3, -0.25) is 4.68 Å². The van der Waals surface area contributed by atoms with Gasteiger partial charge >= 0.3 is 0 Å². The number of aryl methyl sites for hydroxylation is 2. The van der Waals surface area contributed by atoms with Crippen molar-refractivity contribution in [3.63, 3.8) is 0 Å². The van der Waals surface area contributed by atoms with Crippen molar-refractivity contribution in [3.8, 4) is 0 Å². The van der Waals surface area contributed by atoms with Crippen LogP contribution < -0.4 is 5.32 Å². The molecule has 2 atom stereocenters. The molecule has 1 fully saturated rings. The van der Waals surface area contributed by atoms with Crippen LogP contribution >= 0.6 is 11.8 Å². The van der Waals surface area contributed by atoms with E-state index in [1.807, 2.05) is 11.7 Å². The topological polar surface area (TPSA) is 29.9 Å². The van der Waals surface area contributed by atoms with Gasteiger partial charge in [-0.15, -0.1) is 0 Å². The molecule has 2 rings (SSSR count). The first-order valence-corrected chi connectivity index (χ1v) is 7.48. The molecule has 0 radical (unpaired) electrons. The van der Waals surface area contributed by atoms with E-state index in [-0.39, 0.29) is 0 Å². The predicted octanol–water partition coefficient (Wildman–Crippen LogP) is 2.41. The summed E-state index contributed by atoms with van der Waals surface area (Å²) in [5, 5.41) is 8.91. The Morgan fingerprint density at radius 2 is 2.24 bits per heavy atom. The normalized spacial score (nSPS) is 25.2. The smallest absolute Gasteiger partial charge is 0.0641 e. The van der Waals surface area contributed by atoms with Crippen LogP contribution in [0.5, 0.6) is 0 Å². The number of aromatic nitrogens is 2. The molecule has 0 saturated carbocycles. The summed E-state index contributed by atoms with van der Waals surface area (Å²) in [5.74, 6) is 1.32. The minimum absolute atomic E-state index is 0.660. The maximum atomic E-state index is 4.46. The Bertz CT molecular complexity index is 386. The number of rotatable bonds is 3. The van der Waals surface area contributed by atoms with Gasteiger partial charge in [0.15, 0.2) is 0 Å². The third kappa shape index (κ3) is 2.86. The fourth-order valence-corrected chi connectivity index (χ4v) is 3.67. The molecule has 1 N–H and O–H groups in total. The van der Waals surface area contributed by atoms with Gasteiger partial charge in [-0.2, -0.15) is 16.9 Å². The zero-order chi connectivity index (χ0) is 12.4. The van der Waals surface area contributed by atoms with Crippen molar-refractivity contribution < 1.29 is 0 Å². The van der Waals surface area contributed by atoms with Gasteiger partial charge in [0.05, 0.1) is 5.69 Å². The largest absolute Gasteiger partial charge is 0.309 e. The molecule has 96 valence electrons. The molecule has 1 aliphatic rings. The first kappa shape index (κ1) is 13.0. The third-order valence-electron chi connectivity index (χ3n) is 3.81. The van der Waals surface area contributed by atoms with Gasteiger partial charge in [0.25, 0.3) is 0 Å². The van der Waals surface area contributed by atoms with Crippen LogP contribution in [0.3, 0.4) is 0 Å². The summed E-state index contributed by atoms with van der Waals surface area (Å²) in [6, 6.07) is 0.660. The van der Waals surface area contributed by atoms with Crippen molar-refractivity contribution in [3.05, 3.63) is 17.0 Å². The molecule has 1 aromatic rings. The van der Waals surface area contributed by atoms with Crippen LogP contribution in [0.25, 0.3) is 0 Å². The van der Waals surface area contributed by atoms with Crippen LogP contribution in [0.15, 0.2) is 0 Å². The standard InChI is InChI=1S/C13H23N3S/c1-9-12(10(2)16(4)15-9)8-14-13-6-5-7-17-11(13)3/h11,13-14H,5-8H2,1-4H3. The lowest BCUT2D eigenvalue weighted by Crippen LogP contribution is -2.39. The van der Waals surface area contributed by atoms with Crippen LogP contribution in [-0.2, 0) is 13.6 Å². The SMILES string of the molecule is Cc1nn(C)c(C)c1CNC1CCCSC1C. The van der Waals surface area contributed by atoms with E-state index in [1.54, 1.807) is 0 Å². The monoisotopic (exact) mass is 253 g/mol. The second-order valence-corrected chi connectivity index (χ2v) is 6.46. The van der Waals surface area contributed by atoms with Gasteiger partial charge in [0, 0.05) is 36.1 Å². The minimum atomic E-state index is 0.660. The summed E-state index contributed by atoms with van der Waals surface area (Å²) >= 11 is 2.09. The Morgan fingerprint density at radius 1 is 1.47 bits per heavy atom. The molecule has 0 amide bonds. The lowest BCUT2D eigenvalue weighted by Gasteiger charge is -2.29. The van der Waals surface area contributed by atoms with Gasteiger partial charge in [-0.05, 0) is 32.4 Å². The summed E-state index contributed by atoms with van der Waals surface area (Å²) in [4.78, 5) is 0. The highest BCUT2D eigenvalue weighted by molar-refractivity contribution is 7.99. The molecular weight excluding hydrogens is 230 g/mol. The molecule has 0 aliphatic carbocycles. The number of thioether (sulfide) groups is 1. The molecule has 1 aromatic heterocycles. The van der Waals surface area contributed by atoms with Crippen LogP contribution in [0.1, 0.15) is 36.7 Å². The summed E-state index contributed by atoms with van der Waals surface area (Å²) in [6.07, 6.45) is 2.66. The zero-order valence-electron chi connectivity index (χ0n) is 11.3. The highest BCUT2D eigenvalue weighted by Gasteiger charge is 2.21. The van der Waals surface area contributed by atoms with Crippen molar-refractivity contribution in [1.29, 1.82) is 0 Å². The number of nitrogens with zero attached hydrogens (tertiary/aromatic N) is 2. The quantitative estimate of drug-likeness (QED) is 0.897. The molecule has 2 heterocycles. The first-order chi connectivity index (χ1) is 8.09. The average molecular weight is 253 g/mol. The van der Waals surface area contributed by atoms with Gasteiger partial charge < -0.3 is 5.32 Å². The molecule has 4 heteroatoms. The number of hydrogen-bond donors (Lipinski definition) is 1. The Balaban J connectivity index is 1.97. The van der Waals surface area contributed by atoms with Crippen LogP contribution in [-0.4, -0.2) is 26.8 Å². The van der Waals surface area contributed by atoms with E-state index < -0.39 is 0 Å². The predicted molar refractivity (Wildman–Crippen MR) is 74.5 cm³/mol. The fourth-order valence-electron chi connectivity index (χ4n) is 2.50. The molecule has 1 saturated heterocycles. The van der Waals surface area contributed by atoms with Crippen molar-refractivity contribution >= 4 is 11.8 Å². The average Bonchev–Trinajstić information content (AvgIpc) is 2.53. The highest BCUT2D eigenvalue weighted by Crippen LogP contribution is 2.25. The number of hydrogen-bond acceptors (Lipinski definition) is 3. The Morgan fingerprint density at radius 3 is 2.82 bits per heavy atom. The Hall–Kier alpha value is -0.480. The Labute approximate surface area is 108 Å². The minimum Gasteiger partial charge on any atom is -0.309 e. The lowest BCUT2D eigenvalue weighted by atomic mass is 10.1. The Kier molecular flexibility index (Phi) is 4.15. The van der Waals surface area contributed by atoms with Crippen molar-refractivity contribution in [2.45, 2.75) is 51.4 Å². The molecule has 2 unspecified atom stereocenters. The molecule has 0 spiro atoms. The number of nitrogens with one attached hydrogen (secondary N) is 1. The van der Waals surface area contributed by atoms with E-state index in [0.29, 0.717) is 6.04 Å². The van der Waals surface area contributed by atoms with E-state index in [0.717, 1.165) is 17.5 Å². The van der Waals surface area contributed by atoms with E-state index in [9.17, 15) is 0 Å². The van der Waals surface area contributed by atoms with E-state index in [4.69, 9.17) is 0 Å². The van der Waals surface area contributed by atoms with Crippen molar-refractivity contribution in [1.82, 2.24) is 15.1 Å². The highest BCUT2D eigenvalue weighted by atomic mass is 32.2. The van der Waals surface area contributed by atoms with Gasteiger partial charge in [0.1, 0.15) is 0 Å². The van der Waals surface area contributed by atoms with E-state index >= 15 is 0 Å². The second kappa shape index (κ2) is 5.44. The molecule has 0 bridgehead atoms. The van der Waals surface area contributed by atoms with Gasteiger partial charge in [-0.1, -0.05) is 6.92 Å². The lowest BCUT2D eigenvalue weighted by molar-refractivity contribution is 0.461. The first-order valence-electron chi connectivity index (χ1n) is 6.43. The van der Waals surface area contributed by atoms with Crippen LogP contribution in [0.2, 0.25) is 0 Å². The zero-order valence-corrected chi connectivity index (χ0v) is 12.1. The molecule has 17 heavy (non-hydrogen) atoms. The molecule has 1 aliphatic heterocycles.